The lowest BCUT2D eigenvalue weighted by Crippen LogP contribution is -2.35. The molecule has 0 aliphatic heterocycles. The second kappa shape index (κ2) is 10.2. The second-order valence-corrected chi connectivity index (χ2v) is 6.77. The van der Waals surface area contributed by atoms with Gasteiger partial charge in [-0.25, -0.2) is 4.79 Å². The molecule has 0 saturated heterocycles. The van der Waals surface area contributed by atoms with Gasteiger partial charge in [0.2, 0.25) is 5.91 Å². The number of fused-ring (bicyclic) bond motifs is 1. The van der Waals surface area contributed by atoms with Gasteiger partial charge in [0, 0.05) is 11.1 Å². The molecule has 7 heteroatoms. The van der Waals surface area contributed by atoms with Gasteiger partial charge < -0.3 is 20.1 Å². The lowest BCUT2D eigenvalue weighted by atomic mass is 10.0. The third-order valence-corrected chi connectivity index (χ3v) is 4.78. The number of carbonyl (C=O) groups is 3. The smallest absolute Gasteiger partial charge is 0.339 e. The van der Waals surface area contributed by atoms with Crippen LogP contribution >= 0.6 is 0 Å². The van der Waals surface area contributed by atoms with Crippen molar-refractivity contribution in [1.82, 2.24) is 5.32 Å². The Kier molecular flexibility index (Phi) is 7.22. The van der Waals surface area contributed by atoms with Crippen molar-refractivity contribution in [2.75, 3.05) is 25.6 Å². The van der Waals surface area contributed by atoms with Crippen molar-refractivity contribution in [3.8, 4) is 5.75 Å². The lowest BCUT2D eigenvalue weighted by molar-refractivity contribution is -0.126. The van der Waals surface area contributed by atoms with E-state index < -0.39 is 18.5 Å². The number of esters is 1. The van der Waals surface area contributed by atoms with Crippen molar-refractivity contribution in [3.05, 3.63) is 71.8 Å². The summed E-state index contributed by atoms with van der Waals surface area (Å²) < 4.78 is 10.5. The molecule has 3 aromatic rings. The van der Waals surface area contributed by atoms with Crippen LogP contribution in [0.1, 0.15) is 22.8 Å². The van der Waals surface area contributed by atoms with Gasteiger partial charge in [0.1, 0.15) is 5.75 Å². The van der Waals surface area contributed by atoms with Crippen molar-refractivity contribution in [3.63, 3.8) is 0 Å². The Balaban J connectivity index is 1.54. The number of aryl methyl sites for hydroxylation is 1. The summed E-state index contributed by atoms with van der Waals surface area (Å²) in [5.74, 6) is -0.914. The zero-order valence-corrected chi connectivity index (χ0v) is 17.4. The molecule has 2 N–H and O–H groups in total. The maximum Gasteiger partial charge on any atom is 0.339 e. The van der Waals surface area contributed by atoms with Crippen molar-refractivity contribution in [2.45, 2.75) is 13.3 Å². The fourth-order valence-corrected chi connectivity index (χ4v) is 3.21. The van der Waals surface area contributed by atoms with Crippen molar-refractivity contribution in [2.24, 2.45) is 0 Å². The van der Waals surface area contributed by atoms with Gasteiger partial charge in [-0.1, -0.05) is 49.4 Å². The van der Waals surface area contributed by atoms with Crippen molar-refractivity contribution < 1.29 is 23.9 Å². The zero-order chi connectivity index (χ0) is 22.2. The Bertz CT molecular complexity index is 1110. The van der Waals surface area contributed by atoms with Crippen LogP contribution in [0.4, 0.5) is 5.69 Å². The topological polar surface area (TPSA) is 93.7 Å². The van der Waals surface area contributed by atoms with E-state index in [9.17, 15) is 14.4 Å². The van der Waals surface area contributed by atoms with Crippen LogP contribution in [-0.4, -0.2) is 38.0 Å². The van der Waals surface area contributed by atoms with Gasteiger partial charge in [0.05, 0.1) is 19.2 Å². The van der Waals surface area contributed by atoms with E-state index in [1.54, 1.807) is 37.4 Å². The number of para-hydroxylation sites is 1. The van der Waals surface area contributed by atoms with E-state index >= 15 is 0 Å². The molecule has 0 aliphatic carbocycles. The zero-order valence-electron chi connectivity index (χ0n) is 17.4. The first-order chi connectivity index (χ1) is 15.0. The van der Waals surface area contributed by atoms with Gasteiger partial charge in [-0.05, 0) is 35.6 Å². The molecule has 0 aliphatic rings. The highest BCUT2D eigenvalue weighted by Gasteiger charge is 2.16. The first-order valence-electron chi connectivity index (χ1n) is 9.90. The highest BCUT2D eigenvalue weighted by atomic mass is 16.5. The molecule has 3 rings (SSSR count). The first-order valence-corrected chi connectivity index (χ1v) is 9.90. The number of hydrogen-bond donors (Lipinski definition) is 2. The Labute approximate surface area is 180 Å². The third-order valence-electron chi connectivity index (χ3n) is 4.78. The summed E-state index contributed by atoms with van der Waals surface area (Å²) in [6, 6.07) is 18.0. The van der Waals surface area contributed by atoms with Gasteiger partial charge in [-0.15, -0.1) is 0 Å². The fraction of sp³-hybridized carbons (Fsp3) is 0.208. The second-order valence-electron chi connectivity index (χ2n) is 6.77. The Hall–Kier alpha value is -3.87. The molecule has 0 spiro atoms. The van der Waals surface area contributed by atoms with Crippen LogP contribution in [0, 0.1) is 0 Å². The van der Waals surface area contributed by atoms with E-state index in [0.29, 0.717) is 22.4 Å². The van der Waals surface area contributed by atoms with Crippen LogP contribution in [0.25, 0.3) is 10.8 Å². The summed E-state index contributed by atoms with van der Waals surface area (Å²) in [6.07, 6.45) is 0.777. The molecule has 0 fully saturated rings. The first kappa shape index (κ1) is 21.8. The minimum absolute atomic E-state index is 0.222. The Morgan fingerprint density at radius 1 is 0.871 bits per heavy atom. The average molecular weight is 420 g/mol. The van der Waals surface area contributed by atoms with Crippen LogP contribution in [-0.2, 0) is 20.7 Å². The minimum Gasteiger partial charge on any atom is -0.496 e. The molecule has 7 nitrogen and oxygen atoms in total. The summed E-state index contributed by atoms with van der Waals surface area (Å²) in [5.41, 5.74) is 2.04. The Morgan fingerprint density at radius 2 is 1.58 bits per heavy atom. The molecule has 0 saturated carbocycles. The number of ether oxygens (including phenoxy) is 2. The lowest BCUT2D eigenvalue weighted by Gasteiger charge is -2.11. The predicted molar refractivity (Wildman–Crippen MR) is 118 cm³/mol. The van der Waals surface area contributed by atoms with Gasteiger partial charge >= 0.3 is 5.97 Å². The molecule has 0 atom stereocenters. The van der Waals surface area contributed by atoms with E-state index in [-0.39, 0.29) is 12.5 Å². The van der Waals surface area contributed by atoms with Gasteiger partial charge in [0.15, 0.2) is 6.61 Å². The van der Waals surface area contributed by atoms with Gasteiger partial charge in [-0.3, -0.25) is 9.59 Å². The molecule has 0 radical (unpaired) electrons. The standard InChI is InChI=1S/C24H24N2O5/c1-3-16-8-4-7-11-20(16)26-22(27)14-25-23(28)15-31-24(29)19-12-13-21(30-2)18-10-6-5-9-17(18)19/h4-13H,3,14-15H2,1-2H3,(H,25,28)(H,26,27). The average Bonchev–Trinajstić information content (AvgIpc) is 2.80. The molecule has 2 amide bonds. The number of rotatable bonds is 8. The van der Waals surface area contributed by atoms with Crippen molar-refractivity contribution >= 4 is 34.2 Å². The molecular formula is C24H24N2O5. The summed E-state index contributed by atoms with van der Waals surface area (Å²) in [6.45, 7) is 1.28. The number of nitrogens with one attached hydrogen (secondary N) is 2. The number of anilines is 1. The minimum atomic E-state index is -0.629. The molecule has 3 aromatic carbocycles. The SMILES string of the molecule is CCc1ccccc1NC(=O)CNC(=O)COC(=O)c1ccc(OC)c2ccccc12. The van der Waals surface area contributed by atoms with Crippen LogP contribution in [0.15, 0.2) is 60.7 Å². The molecule has 0 aromatic heterocycles. The third kappa shape index (κ3) is 5.39. The van der Waals surface area contributed by atoms with E-state index in [1.807, 2.05) is 37.3 Å². The summed E-state index contributed by atoms with van der Waals surface area (Å²) >= 11 is 0. The van der Waals surface area contributed by atoms with Crippen LogP contribution < -0.4 is 15.4 Å². The van der Waals surface area contributed by atoms with E-state index in [2.05, 4.69) is 10.6 Å². The molecule has 0 heterocycles. The van der Waals surface area contributed by atoms with Crippen molar-refractivity contribution in [1.29, 1.82) is 0 Å². The summed E-state index contributed by atoms with van der Waals surface area (Å²) in [4.78, 5) is 36.6. The maximum absolute atomic E-state index is 12.5. The number of benzene rings is 3. The van der Waals surface area contributed by atoms with E-state index in [0.717, 1.165) is 17.4 Å². The molecule has 31 heavy (non-hydrogen) atoms. The number of amides is 2. The monoisotopic (exact) mass is 420 g/mol. The number of carbonyl (C=O) groups excluding carboxylic acids is 3. The Morgan fingerprint density at radius 3 is 2.32 bits per heavy atom. The fourth-order valence-electron chi connectivity index (χ4n) is 3.21. The highest BCUT2D eigenvalue weighted by molar-refractivity contribution is 6.06. The van der Waals surface area contributed by atoms with Crippen LogP contribution in [0.3, 0.4) is 0 Å². The largest absolute Gasteiger partial charge is 0.496 e. The van der Waals surface area contributed by atoms with Gasteiger partial charge in [0.25, 0.3) is 5.91 Å². The molecule has 160 valence electrons. The number of hydrogen-bond acceptors (Lipinski definition) is 5. The van der Waals surface area contributed by atoms with Gasteiger partial charge in [-0.2, -0.15) is 0 Å². The summed E-state index contributed by atoms with van der Waals surface area (Å²) in [5, 5.41) is 6.66. The maximum atomic E-state index is 12.5. The van der Waals surface area contributed by atoms with E-state index in [1.165, 1.54) is 0 Å². The quantitative estimate of drug-likeness (QED) is 0.545. The number of methoxy groups -OCH3 is 1. The predicted octanol–water partition coefficient (Wildman–Crippen LogP) is 3.32. The molecular weight excluding hydrogens is 396 g/mol. The van der Waals surface area contributed by atoms with Crippen LogP contribution in [0.2, 0.25) is 0 Å². The van der Waals surface area contributed by atoms with E-state index in [4.69, 9.17) is 9.47 Å². The van der Waals surface area contributed by atoms with Crippen LogP contribution in [0.5, 0.6) is 5.75 Å². The molecule has 0 bridgehead atoms. The normalized spacial score (nSPS) is 10.4. The molecule has 0 unspecified atom stereocenters. The highest BCUT2D eigenvalue weighted by Crippen LogP contribution is 2.28. The summed E-state index contributed by atoms with van der Waals surface area (Å²) in [7, 11) is 1.56.